The third-order valence-corrected chi connectivity index (χ3v) is 4.35. The molecule has 0 bridgehead atoms. The number of imidazole rings is 1. The van der Waals surface area contributed by atoms with Gasteiger partial charge in [-0.25, -0.2) is 4.98 Å². The monoisotopic (exact) mass is 322 g/mol. The number of nitrogens with one attached hydrogen (secondary N) is 2. The molecule has 2 N–H and O–H groups in total. The number of para-hydroxylation sites is 2. The first kappa shape index (κ1) is 15.2. The molecule has 3 aromatic rings. The third kappa shape index (κ3) is 3.58. The standard InChI is InChI=1S/C19H22N4O/c1-2-7-18-17(6-1)21-19(22-18)20-13-15-4-3-5-16(12-15)14-23-8-10-24-11-9-23/h1-7,12H,8-11,13-14H2,(H2,20,21,22). The van der Waals surface area contributed by atoms with Crippen molar-refractivity contribution >= 4 is 17.0 Å². The number of H-pyrrole nitrogens is 1. The number of hydrogen-bond acceptors (Lipinski definition) is 4. The maximum atomic E-state index is 5.41. The molecule has 1 fully saturated rings. The molecule has 0 amide bonds. The molecule has 0 aliphatic carbocycles. The maximum absolute atomic E-state index is 5.41. The lowest BCUT2D eigenvalue weighted by Crippen LogP contribution is -2.35. The molecule has 1 aromatic heterocycles. The van der Waals surface area contributed by atoms with Crippen LogP contribution < -0.4 is 5.32 Å². The number of aromatic amines is 1. The predicted molar refractivity (Wildman–Crippen MR) is 96.0 cm³/mol. The number of aromatic nitrogens is 2. The molecular weight excluding hydrogens is 300 g/mol. The van der Waals surface area contributed by atoms with Gasteiger partial charge in [0.2, 0.25) is 5.95 Å². The fourth-order valence-corrected chi connectivity index (χ4v) is 3.08. The predicted octanol–water partition coefficient (Wildman–Crippen LogP) is 3.01. The van der Waals surface area contributed by atoms with Gasteiger partial charge in [-0.3, -0.25) is 4.90 Å². The Morgan fingerprint density at radius 2 is 1.88 bits per heavy atom. The highest BCUT2D eigenvalue weighted by atomic mass is 16.5. The van der Waals surface area contributed by atoms with E-state index in [1.807, 2.05) is 24.3 Å². The second kappa shape index (κ2) is 7.03. The lowest BCUT2D eigenvalue weighted by molar-refractivity contribution is 0.0342. The van der Waals surface area contributed by atoms with Crippen LogP contribution in [0.3, 0.4) is 0 Å². The van der Waals surface area contributed by atoms with Crippen molar-refractivity contribution in [1.82, 2.24) is 14.9 Å². The molecule has 1 aliphatic rings. The van der Waals surface area contributed by atoms with Crippen LogP contribution in [0.2, 0.25) is 0 Å². The van der Waals surface area contributed by atoms with Crippen molar-refractivity contribution in [1.29, 1.82) is 0 Å². The van der Waals surface area contributed by atoms with Crippen molar-refractivity contribution in [2.24, 2.45) is 0 Å². The summed E-state index contributed by atoms with van der Waals surface area (Å²) in [4.78, 5) is 10.3. The van der Waals surface area contributed by atoms with E-state index < -0.39 is 0 Å². The quantitative estimate of drug-likeness (QED) is 0.758. The number of benzene rings is 2. The normalized spacial score (nSPS) is 15.7. The van der Waals surface area contributed by atoms with Crippen LogP contribution in [0.1, 0.15) is 11.1 Å². The summed E-state index contributed by atoms with van der Waals surface area (Å²) < 4.78 is 5.41. The van der Waals surface area contributed by atoms with Crippen molar-refractivity contribution < 1.29 is 4.74 Å². The van der Waals surface area contributed by atoms with Gasteiger partial charge >= 0.3 is 0 Å². The van der Waals surface area contributed by atoms with Gasteiger partial charge in [-0.2, -0.15) is 0 Å². The molecule has 1 saturated heterocycles. The zero-order valence-electron chi connectivity index (χ0n) is 13.7. The molecule has 24 heavy (non-hydrogen) atoms. The highest BCUT2D eigenvalue weighted by Gasteiger charge is 2.10. The summed E-state index contributed by atoms with van der Waals surface area (Å²) in [7, 11) is 0. The molecule has 0 saturated carbocycles. The SMILES string of the molecule is c1cc(CNc2nc3ccccc3[nH]2)cc(CN2CCOCC2)c1. The Labute approximate surface area is 141 Å². The summed E-state index contributed by atoms with van der Waals surface area (Å²) in [6, 6.07) is 16.8. The third-order valence-electron chi connectivity index (χ3n) is 4.35. The smallest absolute Gasteiger partial charge is 0.201 e. The molecule has 5 heteroatoms. The van der Waals surface area contributed by atoms with Gasteiger partial charge in [-0.15, -0.1) is 0 Å². The zero-order chi connectivity index (χ0) is 16.2. The summed E-state index contributed by atoms with van der Waals surface area (Å²) in [6.07, 6.45) is 0. The van der Waals surface area contributed by atoms with Crippen LogP contribution in [0.15, 0.2) is 48.5 Å². The van der Waals surface area contributed by atoms with Gasteiger partial charge in [0.1, 0.15) is 0 Å². The lowest BCUT2D eigenvalue weighted by atomic mass is 10.1. The minimum Gasteiger partial charge on any atom is -0.379 e. The Hall–Kier alpha value is -2.37. The van der Waals surface area contributed by atoms with Gasteiger partial charge in [0.05, 0.1) is 24.2 Å². The summed E-state index contributed by atoms with van der Waals surface area (Å²) in [5, 5.41) is 3.38. The Balaban J connectivity index is 1.39. The molecule has 0 radical (unpaired) electrons. The molecule has 0 unspecified atom stereocenters. The first-order valence-corrected chi connectivity index (χ1v) is 8.43. The summed E-state index contributed by atoms with van der Waals surface area (Å²) in [5.41, 5.74) is 4.66. The number of hydrogen-bond donors (Lipinski definition) is 2. The average Bonchev–Trinajstić information content (AvgIpc) is 3.04. The summed E-state index contributed by atoms with van der Waals surface area (Å²) in [6.45, 7) is 5.46. The second-order valence-corrected chi connectivity index (χ2v) is 6.16. The molecule has 2 aromatic carbocycles. The highest BCUT2D eigenvalue weighted by molar-refractivity contribution is 5.77. The van der Waals surface area contributed by atoms with E-state index in [1.165, 1.54) is 11.1 Å². The van der Waals surface area contributed by atoms with Crippen LogP contribution in [0, 0.1) is 0 Å². The van der Waals surface area contributed by atoms with Gasteiger partial charge in [0.15, 0.2) is 0 Å². The van der Waals surface area contributed by atoms with E-state index in [0.717, 1.165) is 56.4 Å². The fourth-order valence-electron chi connectivity index (χ4n) is 3.08. The molecule has 2 heterocycles. The van der Waals surface area contributed by atoms with E-state index in [0.29, 0.717) is 0 Å². The summed E-state index contributed by atoms with van der Waals surface area (Å²) >= 11 is 0. The first-order valence-electron chi connectivity index (χ1n) is 8.43. The van der Waals surface area contributed by atoms with E-state index in [1.54, 1.807) is 0 Å². The Kier molecular flexibility index (Phi) is 4.44. The Morgan fingerprint density at radius 1 is 1.04 bits per heavy atom. The number of anilines is 1. The summed E-state index contributed by atoms with van der Waals surface area (Å²) in [5.74, 6) is 0.815. The van der Waals surface area contributed by atoms with E-state index in [9.17, 15) is 0 Å². The van der Waals surface area contributed by atoms with Crippen molar-refractivity contribution in [3.05, 3.63) is 59.7 Å². The van der Waals surface area contributed by atoms with E-state index in [-0.39, 0.29) is 0 Å². The number of ether oxygens (including phenoxy) is 1. The van der Waals surface area contributed by atoms with Gasteiger partial charge in [0, 0.05) is 26.2 Å². The molecule has 124 valence electrons. The number of nitrogens with zero attached hydrogens (tertiary/aromatic N) is 2. The van der Waals surface area contributed by atoms with Crippen LogP contribution >= 0.6 is 0 Å². The van der Waals surface area contributed by atoms with Crippen LogP contribution in [0.5, 0.6) is 0 Å². The number of rotatable bonds is 5. The average molecular weight is 322 g/mol. The number of fused-ring (bicyclic) bond motifs is 1. The Morgan fingerprint density at radius 3 is 2.75 bits per heavy atom. The fraction of sp³-hybridized carbons (Fsp3) is 0.316. The van der Waals surface area contributed by atoms with E-state index in [2.05, 4.69) is 44.5 Å². The Bertz CT molecular complexity index is 775. The molecule has 0 atom stereocenters. The topological polar surface area (TPSA) is 53.2 Å². The largest absolute Gasteiger partial charge is 0.379 e. The first-order chi connectivity index (χ1) is 11.9. The number of morpholine rings is 1. The van der Waals surface area contributed by atoms with Crippen molar-refractivity contribution in [2.75, 3.05) is 31.6 Å². The zero-order valence-corrected chi connectivity index (χ0v) is 13.7. The molecule has 5 nitrogen and oxygen atoms in total. The second-order valence-electron chi connectivity index (χ2n) is 6.16. The highest BCUT2D eigenvalue weighted by Crippen LogP contribution is 2.15. The molecule has 1 aliphatic heterocycles. The minimum atomic E-state index is 0.761. The van der Waals surface area contributed by atoms with Crippen LogP contribution in [-0.2, 0) is 17.8 Å². The van der Waals surface area contributed by atoms with Crippen molar-refractivity contribution in [3.63, 3.8) is 0 Å². The van der Waals surface area contributed by atoms with Crippen molar-refractivity contribution in [3.8, 4) is 0 Å². The van der Waals surface area contributed by atoms with E-state index in [4.69, 9.17) is 4.74 Å². The molecule has 0 spiro atoms. The maximum Gasteiger partial charge on any atom is 0.201 e. The van der Waals surface area contributed by atoms with Crippen LogP contribution in [-0.4, -0.2) is 41.2 Å². The lowest BCUT2D eigenvalue weighted by Gasteiger charge is -2.26. The van der Waals surface area contributed by atoms with Gasteiger partial charge in [-0.05, 0) is 23.3 Å². The van der Waals surface area contributed by atoms with E-state index >= 15 is 0 Å². The van der Waals surface area contributed by atoms with Crippen molar-refractivity contribution in [2.45, 2.75) is 13.1 Å². The van der Waals surface area contributed by atoms with Gasteiger partial charge in [-0.1, -0.05) is 36.4 Å². The molecular formula is C19H22N4O. The van der Waals surface area contributed by atoms with Crippen LogP contribution in [0.25, 0.3) is 11.0 Å². The van der Waals surface area contributed by atoms with Crippen LogP contribution in [0.4, 0.5) is 5.95 Å². The molecule has 4 rings (SSSR count). The van der Waals surface area contributed by atoms with Gasteiger partial charge in [0.25, 0.3) is 0 Å². The van der Waals surface area contributed by atoms with Gasteiger partial charge < -0.3 is 15.0 Å². The minimum absolute atomic E-state index is 0.761.